The molecule has 2 heteroatoms. The Bertz CT molecular complexity index is 214. The van der Waals surface area contributed by atoms with Gasteiger partial charge in [-0.05, 0) is 31.5 Å². The molecule has 1 aliphatic heterocycles. The molecule has 1 rings (SSSR count). The molecular formula is C12H19NS. The van der Waals surface area contributed by atoms with E-state index >= 15 is 0 Å². The van der Waals surface area contributed by atoms with Gasteiger partial charge < -0.3 is 5.32 Å². The first-order valence-corrected chi connectivity index (χ1v) is 6.18. The van der Waals surface area contributed by atoms with Gasteiger partial charge in [0, 0.05) is 11.0 Å². The highest BCUT2D eigenvalue weighted by Crippen LogP contribution is 2.22. The highest BCUT2D eigenvalue weighted by Gasteiger charge is 2.12. The smallest absolute Gasteiger partial charge is 0.0187 e. The normalized spacial score (nSPS) is 19.3. The van der Waals surface area contributed by atoms with Crippen molar-refractivity contribution in [3.8, 4) is 0 Å². The molecule has 1 saturated heterocycles. The third-order valence-corrected chi connectivity index (χ3v) is 3.81. The summed E-state index contributed by atoms with van der Waals surface area (Å²) in [5, 5.41) is 4.20. The first-order chi connectivity index (χ1) is 6.86. The summed E-state index contributed by atoms with van der Waals surface area (Å²) >= 11 is 2.04. The van der Waals surface area contributed by atoms with Crippen molar-refractivity contribution in [1.82, 2.24) is 5.32 Å². The Balaban J connectivity index is 2.26. The van der Waals surface area contributed by atoms with E-state index in [2.05, 4.69) is 18.5 Å². The van der Waals surface area contributed by atoms with Crippen LogP contribution in [-0.4, -0.2) is 24.1 Å². The lowest BCUT2D eigenvalue weighted by Crippen LogP contribution is -2.29. The molecule has 0 aromatic carbocycles. The van der Waals surface area contributed by atoms with E-state index < -0.39 is 0 Å². The van der Waals surface area contributed by atoms with Gasteiger partial charge in [0.1, 0.15) is 0 Å². The first kappa shape index (κ1) is 11.6. The van der Waals surface area contributed by atoms with Gasteiger partial charge in [0.15, 0.2) is 0 Å². The van der Waals surface area contributed by atoms with Gasteiger partial charge in [-0.25, -0.2) is 0 Å². The van der Waals surface area contributed by atoms with E-state index in [0.717, 1.165) is 11.0 Å². The van der Waals surface area contributed by atoms with Crippen molar-refractivity contribution in [2.24, 2.45) is 0 Å². The van der Waals surface area contributed by atoms with Crippen LogP contribution in [0.25, 0.3) is 0 Å². The Kier molecular flexibility index (Phi) is 5.72. The van der Waals surface area contributed by atoms with Gasteiger partial charge in [-0.1, -0.05) is 31.4 Å². The zero-order valence-corrected chi connectivity index (χ0v) is 9.48. The Labute approximate surface area is 91.4 Å². The third kappa shape index (κ3) is 4.16. The highest BCUT2D eigenvalue weighted by atomic mass is 32.2. The molecule has 0 saturated carbocycles. The van der Waals surface area contributed by atoms with Crippen LogP contribution in [0.15, 0.2) is 37.0 Å². The van der Waals surface area contributed by atoms with E-state index in [1.165, 1.54) is 31.5 Å². The molecule has 0 radical (unpaired) electrons. The molecule has 1 aliphatic rings. The second-order valence-corrected chi connectivity index (χ2v) is 4.73. The van der Waals surface area contributed by atoms with E-state index in [9.17, 15) is 0 Å². The van der Waals surface area contributed by atoms with E-state index in [4.69, 9.17) is 0 Å². The highest BCUT2D eigenvalue weighted by molar-refractivity contribution is 8.00. The van der Waals surface area contributed by atoms with Crippen LogP contribution in [0.4, 0.5) is 0 Å². The number of hydrogen-bond acceptors (Lipinski definition) is 2. The SMILES string of the molecule is C=C/C=C(\C=C)CSC1CCNCC1. The van der Waals surface area contributed by atoms with Crippen LogP contribution < -0.4 is 5.32 Å². The van der Waals surface area contributed by atoms with Gasteiger partial charge in [-0.2, -0.15) is 11.8 Å². The molecule has 0 aliphatic carbocycles. The van der Waals surface area contributed by atoms with Crippen molar-refractivity contribution < 1.29 is 0 Å². The largest absolute Gasteiger partial charge is 0.317 e. The van der Waals surface area contributed by atoms with Crippen molar-refractivity contribution in [1.29, 1.82) is 0 Å². The minimum Gasteiger partial charge on any atom is -0.317 e. The van der Waals surface area contributed by atoms with Gasteiger partial charge in [0.2, 0.25) is 0 Å². The minimum absolute atomic E-state index is 0.824. The number of hydrogen-bond donors (Lipinski definition) is 1. The molecule has 0 atom stereocenters. The summed E-state index contributed by atoms with van der Waals surface area (Å²) in [4.78, 5) is 0. The van der Waals surface area contributed by atoms with Crippen LogP contribution in [0.5, 0.6) is 0 Å². The van der Waals surface area contributed by atoms with Crippen LogP contribution in [0, 0.1) is 0 Å². The molecular weight excluding hydrogens is 190 g/mol. The summed E-state index contributed by atoms with van der Waals surface area (Å²) in [6, 6.07) is 0. The molecule has 0 aromatic heterocycles. The summed E-state index contributed by atoms with van der Waals surface area (Å²) in [5.41, 5.74) is 1.28. The molecule has 0 aromatic rings. The summed E-state index contributed by atoms with van der Waals surface area (Å²) in [6.45, 7) is 9.85. The number of nitrogens with one attached hydrogen (secondary N) is 1. The first-order valence-electron chi connectivity index (χ1n) is 5.13. The fourth-order valence-corrected chi connectivity index (χ4v) is 2.71. The molecule has 1 N–H and O–H groups in total. The van der Waals surface area contributed by atoms with Crippen LogP contribution in [0.3, 0.4) is 0 Å². The van der Waals surface area contributed by atoms with Gasteiger partial charge in [-0.15, -0.1) is 0 Å². The van der Waals surface area contributed by atoms with Crippen LogP contribution in [-0.2, 0) is 0 Å². The van der Waals surface area contributed by atoms with Crippen LogP contribution in [0.1, 0.15) is 12.8 Å². The summed E-state index contributed by atoms with van der Waals surface area (Å²) in [6.07, 6.45) is 8.39. The second-order valence-electron chi connectivity index (χ2n) is 3.44. The lowest BCUT2D eigenvalue weighted by Gasteiger charge is -2.22. The van der Waals surface area contributed by atoms with Crippen molar-refractivity contribution in [2.45, 2.75) is 18.1 Å². The Morgan fingerprint density at radius 3 is 2.64 bits per heavy atom. The van der Waals surface area contributed by atoms with E-state index in [0.29, 0.717) is 0 Å². The average Bonchev–Trinajstić information content (AvgIpc) is 2.25. The lowest BCUT2D eigenvalue weighted by atomic mass is 10.2. The predicted molar refractivity (Wildman–Crippen MR) is 66.8 cm³/mol. The van der Waals surface area contributed by atoms with Gasteiger partial charge in [-0.3, -0.25) is 0 Å². The lowest BCUT2D eigenvalue weighted by molar-refractivity contribution is 0.532. The fourth-order valence-electron chi connectivity index (χ4n) is 1.50. The van der Waals surface area contributed by atoms with E-state index in [1.807, 2.05) is 30.0 Å². The minimum atomic E-state index is 0.824. The number of allylic oxidation sites excluding steroid dienone is 3. The topological polar surface area (TPSA) is 12.0 Å². The molecule has 0 unspecified atom stereocenters. The molecule has 0 amide bonds. The summed E-state index contributed by atoms with van der Waals surface area (Å²) in [5.74, 6) is 1.07. The van der Waals surface area contributed by atoms with E-state index in [1.54, 1.807) is 0 Å². The molecule has 1 nitrogen and oxygen atoms in total. The molecule has 1 heterocycles. The molecule has 14 heavy (non-hydrogen) atoms. The monoisotopic (exact) mass is 209 g/mol. The van der Waals surface area contributed by atoms with Gasteiger partial charge >= 0.3 is 0 Å². The molecule has 1 fully saturated rings. The fraction of sp³-hybridized carbons (Fsp3) is 0.500. The zero-order valence-electron chi connectivity index (χ0n) is 8.67. The van der Waals surface area contributed by atoms with Crippen molar-refractivity contribution in [2.75, 3.05) is 18.8 Å². The van der Waals surface area contributed by atoms with Gasteiger partial charge in [0.05, 0.1) is 0 Å². The van der Waals surface area contributed by atoms with Gasteiger partial charge in [0.25, 0.3) is 0 Å². The van der Waals surface area contributed by atoms with Crippen molar-refractivity contribution >= 4 is 11.8 Å². The number of thioether (sulfide) groups is 1. The van der Waals surface area contributed by atoms with Crippen LogP contribution >= 0.6 is 11.8 Å². The maximum atomic E-state index is 3.80. The van der Waals surface area contributed by atoms with E-state index in [-0.39, 0.29) is 0 Å². The summed E-state index contributed by atoms with van der Waals surface area (Å²) < 4.78 is 0. The maximum Gasteiger partial charge on any atom is 0.0187 e. The maximum absolute atomic E-state index is 3.80. The summed E-state index contributed by atoms with van der Waals surface area (Å²) in [7, 11) is 0. The predicted octanol–water partition coefficient (Wildman–Crippen LogP) is 2.77. The molecule has 78 valence electrons. The quantitative estimate of drug-likeness (QED) is 0.699. The zero-order chi connectivity index (χ0) is 10.2. The average molecular weight is 209 g/mol. The molecule has 0 spiro atoms. The van der Waals surface area contributed by atoms with Crippen molar-refractivity contribution in [3.63, 3.8) is 0 Å². The Morgan fingerprint density at radius 1 is 1.36 bits per heavy atom. The number of rotatable bonds is 5. The third-order valence-electron chi connectivity index (χ3n) is 2.37. The standard InChI is InChI=1S/C12H19NS/c1-3-5-11(4-2)10-14-12-6-8-13-9-7-12/h3-5,12-13H,1-2,6-10H2/b11-5+. The Morgan fingerprint density at radius 2 is 2.07 bits per heavy atom. The van der Waals surface area contributed by atoms with Crippen LogP contribution in [0.2, 0.25) is 0 Å². The number of piperidine rings is 1. The second kappa shape index (κ2) is 6.91. The van der Waals surface area contributed by atoms with Crippen molar-refractivity contribution in [3.05, 3.63) is 37.0 Å². The Hall–Kier alpha value is -0.470. The molecule has 0 bridgehead atoms.